The highest BCUT2D eigenvalue weighted by Gasteiger charge is 2.40. The molecule has 0 aliphatic heterocycles. The highest BCUT2D eigenvalue weighted by molar-refractivity contribution is 6.31. The maximum atomic E-state index is 5.26. The Labute approximate surface area is 312 Å². The zero-order chi connectivity index (χ0) is 35.7. The van der Waals surface area contributed by atoms with Crippen LogP contribution in [0.4, 0.5) is 0 Å². The summed E-state index contributed by atoms with van der Waals surface area (Å²) in [5, 5.41) is 7.50. The van der Waals surface area contributed by atoms with Crippen LogP contribution in [-0.2, 0) is 5.41 Å². The van der Waals surface area contributed by atoms with E-state index >= 15 is 0 Å². The molecule has 0 saturated carbocycles. The van der Waals surface area contributed by atoms with Crippen LogP contribution in [0.3, 0.4) is 0 Å². The van der Waals surface area contributed by atoms with Crippen molar-refractivity contribution in [2.24, 2.45) is 0 Å². The van der Waals surface area contributed by atoms with Gasteiger partial charge in [0, 0.05) is 32.9 Å². The molecular formula is C50H32N4. The predicted octanol–water partition coefficient (Wildman–Crippen LogP) is 12.6. The van der Waals surface area contributed by atoms with E-state index in [4.69, 9.17) is 15.0 Å². The summed E-state index contributed by atoms with van der Waals surface area (Å²) in [6.45, 7) is 4.76. The SMILES string of the molecule is CC1(C)c2cccc3c2-c2c1ccc1ccc4c(c21)c1c-3cccc1n4-c1cc2ccccc2cc1-c1nc(-c2ccccc2)nc(-c2ccccc2)n1. The molecule has 10 aromatic rings. The molecule has 2 aliphatic carbocycles. The lowest BCUT2D eigenvalue weighted by atomic mass is 9.81. The highest BCUT2D eigenvalue weighted by Crippen LogP contribution is 2.59. The minimum atomic E-state index is -0.0951. The maximum Gasteiger partial charge on any atom is 0.166 e. The number of nitrogens with zero attached hydrogens (tertiary/aromatic N) is 4. The second kappa shape index (κ2) is 10.6. The summed E-state index contributed by atoms with van der Waals surface area (Å²) < 4.78 is 2.47. The fourth-order valence-electron chi connectivity index (χ4n) is 9.46. The summed E-state index contributed by atoms with van der Waals surface area (Å²) in [5.74, 6) is 1.93. The third-order valence-corrected chi connectivity index (χ3v) is 11.9. The Morgan fingerprint density at radius 2 is 1.00 bits per heavy atom. The van der Waals surface area contributed by atoms with Crippen molar-refractivity contribution in [3.8, 4) is 62.1 Å². The van der Waals surface area contributed by atoms with Crippen molar-refractivity contribution in [3.05, 3.63) is 169 Å². The first-order chi connectivity index (χ1) is 26.5. The van der Waals surface area contributed by atoms with Crippen molar-refractivity contribution in [1.29, 1.82) is 0 Å². The molecule has 2 aromatic heterocycles. The summed E-state index contributed by atoms with van der Waals surface area (Å²) >= 11 is 0. The Bertz CT molecular complexity index is 3170. The van der Waals surface area contributed by atoms with Gasteiger partial charge in [0.1, 0.15) is 0 Å². The summed E-state index contributed by atoms with van der Waals surface area (Å²) in [6.07, 6.45) is 0. The molecule has 0 atom stereocenters. The molecule has 4 heteroatoms. The third kappa shape index (κ3) is 3.89. The van der Waals surface area contributed by atoms with Crippen LogP contribution in [0, 0.1) is 0 Å². The first-order valence-corrected chi connectivity index (χ1v) is 18.6. The van der Waals surface area contributed by atoms with Gasteiger partial charge in [-0.05, 0) is 79.2 Å². The zero-order valence-electron chi connectivity index (χ0n) is 29.8. The molecular weight excluding hydrogens is 657 g/mol. The Kier molecular flexibility index (Phi) is 5.81. The fourth-order valence-corrected chi connectivity index (χ4v) is 9.46. The van der Waals surface area contributed by atoms with Gasteiger partial charge in [-0.25, -0.2) is 15.0 Å². The molecule has 252 valence electrons. The zero-order valence-corrected chi connectivity index (χ0v) is 29.8. The van der Waals surface area contributed by atoms with Crippen LogP contribution >= 0.6 is 0 Å². The third-order valence-electron chi connectivity index (χ3n) is 11.9. The molecule has 4 nitrogen and oxygen atoms in total. The van der Waals surface area contributed by atoms with E-state index in [-0.39, 0.29) is 5.41 Å². The first kappa shape index (κ1) is 29.6. The molecule has 0 fully saturated rings. The van der Waals surface area contributed by atoms with Crippen molar-refractivity contribution in [3.63, 3.8) is 0 Å². The first-order valence-electron chi connectivity index (χ1n) is 18.6. The van der Waals surface area contributed by atoms with Crippen LogP contribution in [0.25, 0.3) is 105 Å². The molecule has 0 amide bonds. The lowest BCUT2D eigenvalue weighted by Crippen LogP contribution is -2.14. The van der Waals surface area contributed by atoms with E-state index in [2.05, 4.69) is 140 Å². The van der Waals surface area contributed by atoms with E-state index < -0.39 is 0 Å². The minimum absolute atomic E-state index is 0.0951. The Hall–Kier alpha value is -6.91. The topological polar surface area (TPSA) is 43.6 Å². The number of rotatable bonds is 4. The Balaban J connectivity index is 1.24. The lowest BCUT2D eigenvalue weighted by molar-refractivity contribution is 0.661. The number of hydrogen-bond acceptors (Lipinski definition) is 3. The van der Waals surface area contributed by atoms with Gasteiger partial charge < -0.3 is 4.57 Å². The van der Waals surface area contributed by atoms with Crippen LogP contribution in [0.1, 0.15) is 25.0 Å². The molecule has 0 radical (unpaired) electrons. The van der Waals surface area contributed by atoms with E-state index in [9.17, 15) is 0 Å². The molecule has 0 spiro atoms. The van der Waals surface area contributed by atoms with Crippen LogP contribution in [0.15, 0.2) is 158 Å². The quantitative estimate of drug-likeness (QED) is 0.185. The lowest BCUT2D eigenvalue weighted by Gasteiger charge is -2.22. The van der Waals surface area contributed by atoms with E-state index in [1.165, 1.54) is 66.0 Å². The van der Waals surface area contributed by atoms with Crippen LogP contribution in [0.5, 0.6) is 0 Å². The van der Waals surface area contributed by atoms with Crippen molar-refractivity contribution >= 4 is 43.4 Å². The Morgan fingerprint density at radius 1 is 0.407 bits per heavy atom. The fraction of sp³-hybridized carbons (Fsp3) is 0.0600. The number of benzene rings is 8. The summed E-state index contributed by atoms with van der Waals surface area (Å²) in [7, 11) is 0. The van der Waals surface area contributed by atoms with Crippen molar-refractivity contribution < 1.29 is 0 Å². The molecule has 54 heavy (non-hydrogen) atoms. The van der Waals surface area contributed by atoms with Gasteiger partial charge in [-0.2, -0.15) is 0 Å². The molecule has 2 heterocycles. The predicted molar refractivity (Wildman–Crippen MR) is 222 cm³/mol. The molecule has 0 saturated heterocycles. The normalized spacial score (nSPS) is 13.5. The molecule has 0 unspecified atom stereocenters. The van der Waals surface area contributed by atoms with Crippen LogP contribution in [-0.4, -0.2) is 19.5 Å². The summed E-state index contributed by atoms with van der Waals surface area (Å²) in [5.41, 5.74) is 14.3. The standard InChI is InChI=1S/C50H32N4/c1-50(2)37-21-11-19-34-35-20-12-22-39-44(35)46-40(26-24-29-23-25-38(50)45(42(29)46)43(34)37)54(39)41-28-33-18-10-9-17-32(33)27-36(41)49-52-47(30-13-5-3-6-14-30)51-48(53-49)31-15-7-4-8-16-31/h3-28H,1-2H3. The van der Waals surface area contributed by atoms with Crippen molar-refractivity contribution in [1.82, 2.24) is 19.5 Å². The van der Waals surface area contributed by atoms with E-state index in [0.29, 0.717) is 17.5 Å². The smallest absolute Gasteiger partial charge is 0.166 e. The van der Waals surface area contributed by atoms with E-state index in [1.807, 2.05) is 36.4 Å². The van der Waals surface area contributed by atoms with Gasteiger partial charge in [-0.15, -0.1) is 0 Å². The van der Waals surface area contributed by atoms with Gasteiger partial charge in [0.05, 0.1) is 16.7 Å². The van der Waals surface area contributed by atoms with E-state index in [1.54, 1.807) is 0 Å². The average molecular weight is 689 g/mol. The Morgan fingerprint density at radius 3 is 1.74 bits per heavy atom. The van der Waals surface area contributed by atoms with Gasteiger partial charge in [0.25, 0.3) is 0 Å². The highest BCUT2D eigenvalue weighted by atomic mass is 15.1. The van der Waals surface area contributed by atoms with Crippen LogP contribution < -0.4 is 0 Å². The second-order valence-electron chi connectivity index (χ2n) is 15.2. The average Bonchev–Trinajstić information content (AvgIpc) is 3.64. The monoisotopic (exact) mass is 688 g/mol. The molecule has 0 bridgehead atoms. The van der Waals surface area contributed by atoms with Crippen LogP contribution in [0.2, 0.25) is 0 Å². The van der Waals surface area contributed by atoms with Gasteiger partial charge in [0.15, 0.2) is 17.5 Å². The molecule has 12 rings (SSSR count). The summed E-state index contributed by atoms with van der Waals surface area (Å²) in [4.78, 5) is 15.6. The summed E-state index contributed by atoms with van der Waals surface area (Å²) in [6, 6.07) is 56.7. The minimum Gasteiger partial charge on any atom is -0.308 e. The van der Waals surface area contributed by atoms with Gasteiger partial charge in [-0.3, -0.25) is 0 Å². The number of hydrogen-bond donors (Lipinski definition) is 0. The maximum absolute atomic E-state index is 5.26. The molecule has 0 N–H and O–H groups in total. The molecule has 8 aromatic carbocycles. The van der Waals surface area contributed by atoms with Gasteiger partial charge in [-0.1, -0.05) is 147 Å². The second-order valence-corrected chi connectivity index (χ2v) is 15.2. The van der Waals surface area contributed by atoms with Gasteiger partial charge >= 0.3 is 0 Å². The van der Waals surface area contributed by atoms with Crippen molar-refractivity contribution in [2.75, 3.05) is 0 Å². The molecule has 2 aliphatic rings. The van der Waals surface area contributed by atoms with Gasteiger partial charge in [0.2, 0.25) is 0 Å². The number of fused-ring (bicyclic) bond motifs is 2. The number of aromatic nitrogens is 4. The van der Waals surface area contributed by atoms with Crippen molar-refractivity contribution in [2.45, 2.75) is 19.3 Å². The van der Waals surface area contributed by atoms with E-state index in [0.717, 1.165) is 33.2 Å². The largest absolute Gasteiger partial charge is 0.308 e.